The zero-order chi connectivity index (χ0) is 15.5. The number of halogens is 2. The van der Waals surface area contributed by atoms with Gasteiger partial charge in [-0.05, 0) is 20.0 Å². The van der Waals surface area contributed by atoms with Crippen LogP contribution in [-0.4, -0.2) is 32.2 Å². The van der Waals surface area contributed by atoms with Crippen molar-refractivity contribution in [3.63, 3.8) is 0 Å². The molecule has 0 spiro atoms. The molecular weight excluding hydrogens is 298 g/mol. The summed E-state index contributed by atoms with van der Waals surface area (Å²) in [6, 6.07) is 3.15. The smallest absolute Gasteiger partial charge is 0.137 e. The van der Waals surface area contributed by atoms with E-state index in [2.05, 4.69) is 14.8 Å². The summed E-state index contributed by atoms with van der Waals surface area (Å²) in [5.41, 5.74) is -1.55. The van der Waals surface area contributed by atoms with Crippen molar-refractivity contribution in [2.45, 2.75) is 24.3 Å². The van der Waals surface area contributed by atoms with Crippen molar-refractivity contribution in [1.82, 2.24) is 19.5 Å². The fourth-order valence-electron chi connectivity index (χ4n) is 2.11. The zero-order valence-corrected chi connectivity index (χ0v) is 12.4. The molecular formula is C13H16F2N4OS. The Bertz CT molecular complexity index is 596. The van der Waals surface area contributed by atoms with Crippen LogP contribution in [0.3, 0.4) is 0 Å². The summed E-state index contributed by atoms with van der Waals surface area (Å²) in [5, 5.41) is 14.5. The van der Waals surface area contributed by atoms with Crippen molar-refractivity contribution in [2.75, 3.05) is 7.05 Å². The second-order valence-electron chi connectivity index (χ2n) is 4.61. The van der Waals surface area contributed by atoms with Gasteiger partial charge in [-0.25, -0.2) is 18.4 Å². The highest BCUT2D eigenvalue weighted by atomic mass is 32.2. The standard InChI is InChI=1S/C13H16F2N4OS/c1-9(21-16-2)13(20,6-19-8-17-7-18-19)11-4-3-10(14)5-12(11)15/h3-5,7-9,16,20H,6H2,1-2H3/t9-,13-/m1/s1. The highest BCUT2D eigenvalue weighted by Crippen LogP contribution is 2.34. The average Bonchev–Trinajstić information content (AvgIpc) is 2.91. The Morgan fingerprint density at radius 2 is 2.24 bits per heavy atom. The molecule has 0 aliphatic carbocycles. The van der Waals surface area contributed by atoms with Gasteiger partial charge in [0, 0.05) is 11.6 Å². The highest BCUT2D eigenvalue weighted by Gasteiger charge is 2.39. The molecule has 1 aromatic heterocycles. The molecule has 0 radical (unpaired) electrons. The second-order valence-corrected chi connectivity index (χ2v) is 5.96. The fourth-order valence-corrected chi connectivity index (χ4v) is 2.86. The lowest BCUT2D eigenvalue weighted by molar-refractivity contribution is 0.0132. The molecule has 1 heterocycles. The lowest BCUT2D eigenvalue weighted by Gasteiger charge is -2.34. The molecule has 0 unspecified atom stereocenters. The molecule has 21 heavy (non-hydrogen) atoms. The third-order valence-electron chi connectivity index (χ3n) is 3.23. The van der Waals surface area contributed by atoms with E-state index in [1.165, 1.54) is 35.4 Å². The molecule has 0 bridgehead atoms. The minimum absolute atomic E-state index is 0.00536. The van der Waals surface area contributed by atoms with Gasteiger partial charge in [0.15, 0.2) is 0 Å². The minimum Gasteiger partial charge on any atom is -0.382 e. The molecule has 0 saturated heterocycles. The number of aliphatic hydroxyl groups is 1. The van der Waals surface area contributed by atoms with Gasteiger partial charge in [0.05, 0.1) is 11.8 Å². The number of rotatable bonds is 6. The van der Waals surface area contributed by atoms with Crippen molar-refractivity contribution in [2.24, 2.45) is 0 Å². The van der Waals surface area contributed by atoms with Crippen LogP contribution in [0.4, 0.5) is 8.78 Å². The summed E-state index contributed by atoms with van der Waals surface area (Å²) in [6.07, 6.45) is 2.76. The molecule has 2 N–H and O–H groups in total. The topological polar surface area (TPSA) is 63.0 Å². The van der Waals surface area contributed by atoms with E-state index in [4.69, 9.17) is 0 Å². The fraction of sp³-hybridized carbons (Fsp3) is 0.385. The number of nitrogens with zero attached hydrogens (tertiary/aromatic N) is 3. The molecule has 2 aromatic rings. The largest absolute Gasteiger partial charge is 0.382 e. The highest BCUT2D eigenvalue weighted by molar-refractivity contribution is 7.98. The maximum atomic E-state index is 14.1. The van der Waals surface area contributed by atoms with Crippen LogP contribution >= 0.6 is 11.9 Å². The van der Waals surface area contributed by atoms with Crippen molar-refractivity contribution in [3.8, 4) is 0 Å². The number of hydrogen-bond acceptors (Lipinski definition) is 5. The normalized spacial score (nSPS) is 15.7. The van der Waals surface area contributed by atoms with Crippen molar-refractivity contribution in [1.29, 1.82) is 0 Å². The summed E-state index contributed by atoms with van der Waals surface area (Å²) in [4.78, 5) is 3.81. The first-order chi connectivity index (χ1) is 9.97. The zero-order valence-electron chi connectivity index (χ0n) is 11.6. The Balaban J connectivity index is 2.43. The molecule has 0 amide bonds. The van der Waals surface area contributed by atoms with E-state index in [-0.39, 0.29) is 12.1 Å². The summed E-state index contributed by atoms with van der Waals surface area (Å²) >= 11 is 1.25. The monoisotopic (exact) mass is 314 g/mol. The molecule has 5 nitrogen and oxygen atoms in total. The Kier molecular flexibility index (Phi) is 4.92. The van der Waals surface area contributed by atoms with Crippen LogP contribution in [-0.2, 0) is 12.1 Å². The van der Waals surface area contributed by atoms with E-state index in [9.17, 15) is 13.9 Å². The van der Waals surface area contributed by atoms with Crippen LogP contribution in [0, 0.1) is 11.6 Å². The van der Waals surface area contributed by atoms with Gasteiger partial charge in [-0.1, -0.05) is 18.0 Å². The third kappa shape index (κ3) is 3.39. The summed E-state index contributed by atoms with van der Waals surface area (Å²) in [7, 11) is 1.71. The summed E-state index contributed by atoms with van der Waals surface area (Å²) < 4.78 is 31.5. The van der Waals surface area contributed by atoms with Crippen LogP contribution < -0.4 is 4.72 Å². The lowest BCUT2D eigenvalue weighted by atomic mass is 9.90. The van der Waals surface area contributed by atoms with Crippen molar-refractivity contribution < 1.29 is 13.9 Å². The molecule has 0 aliphatic rings. The third-order valence-corrected chi connectivity index (χ3v) is 4.21. The molecule has 2 atom stereocenters. The second kappa shape index (κ2) is 6.50. The van der Waals surface area contributed by atoms with Gasteiger partial charge < -0.3 is 5.11 Å². The van der Waals surface area contributed by atoms with E-state index < -0.39 is 22.5 Å². The van der Waals surface area contributed by atoms with Crippen LogP contribution in [0.25, 0.3) is 0 Å². The number of nitrogens with one attached hydrogen (secondary N) is 1. The Morgan fingerprint density at radius 3 is 2.81 bits per heavy atom. The number of benzene rings is 1. The Labute approximate surface area is 125 Å². The van der Waals surface area contributed by atoms with E-state index >= 15 is 0 Å². The quantitative estimate of drug-likeness (QED) is 0.795. The molecule has 8 heteroatoms. The summed E-state index contributed by atoms with van der Waals surface area (Å²) in [5.74, 6) is -1.48. The number of aromatic nitrogens is 3. The van der Waals surface area contributed by atoms with Gasteiger partial charge in [0.1, 0.15) is 29.9 Å². The van der Waals surface area contributed by atoms with E-state index in [1.54, 1.807) is 14.0 Å². The van der Waals surface area contributed by atoms with Crippen LogP contribution in [0.2, 0.25) is 0 Å². The van der Waals surface area contributed by atoms with E-state index in [0.717, 1.165) is 12.1 Å². The predicted molar refractivity (Wildman–Crippen MR) is 76.4 cm³/mol. The van der Waals surface area contributed by atoms with E-state index in [0.29, 0.717) is 0 Å². The van der Waals surface area contributed by atoms with Gasteiger partial charge >= 0.3 is 0 Å². The predicted octanol–water partition coefficient (Wildman–Crippen LogP) is 1.70. The Morgan fingerprint density at radius 1 is 1.48 bits per heavy atom. The maximum absolute atomic E-state index is 14.1. The average molecular weight is 314 g/mol. The number of hydrogen-bond donors (Lipinski definition) is 2. The molecule has 1 aromatic carbocycles. The molecule has 0 fully saturated rings. The van der Waals surface area contributed by atoms with Gasteiger partial charge in [0.2, 0.25) is 0 Å². The molecule has 2 rings (SSSR count). The van der Waals surface area contributed by atoms with Crippen LogP contribution in [0.5, 0.6) is 0 Å². The maximum Gasteiger partial charge on any atom is 0.137 e. The molecule has 0 aliphatic heterocycles. The molecule has 114 valence electrons. The first-order valence-corrected chi connectivity index (χ1v) is 7.18. The summed E-state index contributed by atoms with van der Waals surface area (Å²) in [6.45, 7) is 1.76. The minimum atomic E-state index is -1.57. The molecule has 0 saturated carbocycles. The lowest BCUT2D eigenvalue weighted by Crippen LogP contribution is -2.42. The first-order valence-electron chi connectivity index (χ1n) is 6.30. The SMILES string of the molecule is CNS[C@H](C)[C@](O)(Cn1cncn1)c1ccc(F)cc1F. The first kappa shape index (κ1) is 15.9. The van der Waals surface area contributed by atoms with E-state index in [1.807, 2.05) is 0 Å². The van der Waals surface area contributed by atoms with Gasteiger partial charge in [0.25, 0.3) is 0 Å². The van der Waals surface area contributed by atoms with Gasteiger partial charge in [-0.3, -0.25) is 4.72 Å². The van der Waals surface area contributed by atoms with Gasteiger partial charge in [-0.2, -0.15) is 5.10 Å². The van der Waals surface area contributed by atoms with Crippen LogP contribution in [0.1, 0.15) is 12.5 Å². The Hall–Kier alpha value is -1.51. The van der Waals surface area contributed by atoms with Crippen LogP contribution in [0.15, 0.2) is 30.9 Å². The van der Waals surface area contributed by atoms with Crippen molar-refractivity contribution in [3.05, 3.63) is 48.1 Å². The van der Waals surface area contributed by atoms with Crippen molar-refractivity contribution >= 4 is 11.9 Å². The van der Waals surface area contributed by atoms with Gasteiger partial charge in [-0.15, -0.1) is 0 Å².